The summed E-state index contributed by atoms with van der Waals surface area (Å²) in [4.78, 5) is 4.34. The molecule has 0 saturated heterocycles. The van der Waals surface area contributed by atoms with E-state index in [1.807, 2.05) is 18.5 Å². The summed E-state index contributed by atoms with van der Waals surface area (Å²) in [6.45, 7) is 4.98. The van der Waals surface area contributed by atoms with Crippen molar-refractivity contribution in [3.8, 4) is 0 Å². The molecule has 2 aromatic rings. The van der Waals surface area contributed by atoms with Crippen LogP contribution in [0.5, 0.6) is 0 Å². The number of hydrogen-bond acceptors (Lipinski definition) is 3. The predicted octanol–water partition coefficient (Wildman–Crippen LogP) is 1.43. The van der Waals surface area contributed by atoms with E-state index < -0.39 is 0 Å². The fraction of sp³-hybridized carbons (Fsp3) is 0.455. The van der Waals surface area contributed by atoms with Crippen LogP contribution >= 0.6 is 0 Å². The van der Waals surface area contributed by atoms with E-state index in [9.17, 15) is 0 Å². The summed E-state index contributed by atoms with van der Waals surface area (Å²) in [5, 5.41) is 4.27. The molecule has 0 aliphatic heterocycles. The van der Waals surface area contributed by atoms with Gasteiger partial charge in [0.25, 0.3) is 0 Å². The fourth-order valence-electron chi connectivity index (χ4n) is 1.87. The summed E-state index contributed by atoms with van der Waals surface area (Å²) in [6.07, 6.45) is 5.56. The lowest BCUT2D eigenvalue weighted by molar-refractivity contribution is 0.508. The molecule has 1 atom stereocenters. The molecule has 0 amide bonds. The van der Waals surface area contributed by atoms with Crippen molar-refractivity contribution in [1.82, 2.24) is 14.6 Å². The first-order valence-electron chi connectivity index (χ1n) is 5.22. The first-order valence-corrected chi connectivity index (χ1v) is 5.22. The number of fused-ring (bicyclic) bond motifs is 1. The number of nitrogens with zero attached hydrogens (tertiary/aromatic N) is 3. The van der Waals surface area contributed by atoms with Gasteiger partial charge in [-0.05, 0) is 18.5 Å². The third-order valence-corrected chi connectivity index (χ3v) is 2.76. The molecule has 1 unspecified atom stereocenters. The molecule has 0 aliphatic carbocycles. The summed E-state index contributed by atoms with van der Waals surface area (Å²) >= 11 is 0. The average molecular weight is 204 g/mol. The minimum absolute atomic E-state index is 0.331. The van der Waals surface area contributed by atoms with Crippen LogP contribution in [0.1, 0.15) is 25.3 Å². The molecule has 2 heterocycles. The van der Waals surface area contributed by atoms with E-state index >= 15 is 0 Å². The zero-order valence-electron chi connectivity index (χ0n) is 9.09. The maximum atomic E-state index is 5.79. The maximum absolute atomic E-state index is 5.79. The van der Waals surface area contributed by atoms with Crippen LogP contribution in [-0.2, 0) is 0 Å². The molecule has 0 spiro atoms. The van der Waals surface area contributed by atoms with Gasteiger partial charge in [-0.15, -0.1) is 0 Å². The topological polar surface area (TPSA) is 56.2 Å². The Labute approximate surface area is 89.1 Å². The molecular weight excluding hydrogens is 188 g/mol. The molecule has 2 aromatic heterocycles. The van der Waals surface area contributed by atoms with Gasteiger partial charge in [0.1, 0.15) is 0 Å². The molecule has 2 rings (SSSR count). The van der Waals surface area contributed by atoms with Crippen molar-refractivity contribution in [2.45, 2.75) is 19.8 Å². The summed E-state index contributed by atoms with van der Waals surface area (Å²) in [5.74, 6) is 0.836. The van der Waals surface area contributed by atoms with Crippen molar-refractivity contribution >= 4 is 5.65 Å². The zero-order valence-corrected chi connectivity index (χ0v) is 9.09. The Hall–Kier alpha value is -1.42. The van der Waals surface area contributed by atoms with Crippen molar-refractivity contribution in [3.05, 3.63) is 30.2 Å². The fourth-order valence-corrected chi connectivity index (χ4v) is 1.87. The molecule has 0 saturated carbocycles. The Morgan fingerprint density at radius 3 is 2.93 bits per heavy atom. The largest absolute Gasteiger partial charge is 0.330 e. The third-order valence-electron chi connectivity index (χ3n) is 2.76. The van der Waals surface area contributed by atoms with Crippen molar-refractivity contribution in [3.63, 3.8) is 0 Å². The van der Waals surface area contributed by atoms with Gasteiger partial charge in [-0.1, -0.05) is 13.8 Å². The second-order valence-corrected chi connectivity index (χ2v) is 4.07. The standard InChI is InChI=1S/C11H16N4/c1-8(2)9(6-12)10-7-14-15-5-3-4-13-11(10)15/h3-5,7-9H,6,12H2,1-2H3. The first kappa shape index (κ1) is 10.1. The van der Waals surface area contributed by atoms with Gasteiger partial charge in [-0.3, -0.25) is 0 Å². The lowest BCUT2D eigenvalue weighted by Crippen LogP contribution is -2.17. The molecule has 4 heteroatoms. The molecule has 15 heavy (non-hydrogen) atoms. The highest BCUT2D eigenvalue weighted by molar-refractivity contribution is 5.48. The van der Waals surface area contributed by atoms with Crippen LogP contribution in [0.25, 0.3) is 5.65 Å². The highest BCUT2D eigenvalue weighted by atomic mass is 15.2. The van der Waals surface area contributed by atoms with Crippen LogP contribution in [0.15, 0.2) is 24.7 Å². The van der Waals surface area contributed by atoms with Gasteiger partial charge in [0.2, 0.25) is 0 Å². The lowest BCUT2D eigenvalue weighted by atomic mass is 9.90. The van der Waals surface area contributed by atoms with E-state index in [0.29, 0.717) is 18.4 Å². The van der Waals surface area contributed by atoms with Gasteiger partial charge in [0, 0.05) is 23.9 Å². The zero-order chi connectivity index (χ0) is 10.8. The third kappa shape index (κ3) is 1.72. The van der Waals surface area contributed by atoms with Crippen LogP contribution < -0.4 is 5.73 Å². The monoisotopic (exact) mass is 204 g/mol. The molecule has 0 aliphatic rings. The molecule has 80 valence electrons. The minimum Gasteiger partial charge on any atom is -0.330 e. The molecule has 0 radical (unpaired) electrons. The van der Waals surface area contributed by atoms with Crippen LogP contribution in [0.2, 0.25) is 0 Å². The average Bonchev–Trinajstić information content (AvgIpc) is 2.63. The van der Waals surface area contributed by atoms with E-state index in [1.54, 1.807) is 10.7 Å². The molecule has 0 aromatic carbocycles. The lowest BCUT2D eigenvalue weighted by Gasteiger charge is -2.16. The maximum Gasteiger partial charge on any atom is 0.158 e. The van der Waals surface area contributed by atoms with Crippen molar-refractivity contribution in [2.75, 3.05) is 6.54 Å². The second-order valence-electron chi connectivity index (χ2n) is 4.07. The number of nitrogens with two attached hydrogens (primary N) is 1. The Morgan fingerprint density at radius 1 is 1.47 bits per heavy atom. The summed E-state index contributed by atoms with van der Waals surface area (Å²) in [6, 6.07) is 1.87. The van der Waals surface area contributed by atoms with Gasteiger partial charge >= 0.3 is 0 Å². The van der Waals surface area contributed by atoms with Gasteiger partial charge in [-0.25, -0.2) is 9.50 Å². The van der Waals surface area contributed by atoms with Crippen molar-refractivity contribution < 1.29 is 0 Å². The van der Waals surface area contributed by atoms with Crippen molar-refractivity contribution in [1.29, 1.82) is 0 Å². The van der Waals surface area contributed by atoms with Crippen LogP contribution in [0.4, 0.5) is 0 Å². The van der Waals surface area contributed by atoms with Gasteiger partial charge in [-0.2, -0.15) is 5.10 Å². The van der Waals surface area contributed by atoms with E-state index in [0.717, 1.165) is 11.2 Å². The van der Waals surface area contributed by atoms with Crippen LogP contribution in [0, 0.1) is 5.92 Å². The predicted molar refractivity (Wildman–Crippen MR) is 59.6 cm³/mol. The summed E-state index contributed by atoms with van der Waals surface area (Å²) in [7, 11) is 0. The second kappa shape index (κ2) is 3.98. The van der Waals surface area contributed by atoms with Gasteiger partial charge in [0.15, 0.2) is 5.65 Å². The van der Waals surface area contributed by atoms with Crippen LogP contribution in [0.3, 0.4) is 0 Å². The Bertz CT molecular complexity index is 447. The molecule has 0 fully saturated rings. The SMILES string of the molecule is CC(C)C(CN)c1cnn2cccnc12. The Kier molecular flexibility index (Phi) is 2.68. The quantitative estimate of drug-likeness (QED) is 0.822. The van der Waals surface area contributed by atoms with E-state index in [2.05, 4.69) is 23.9 Å². The Morgan fingerprint density at radius 2 is 2.27 bits per heavy atom. The molecule has 4 nitrogen and oxygen atoms in total. The van der Waals surface area contributed by atoms with Crippen LogP contribution in [-0.4, -0.2) is 21.1 Å². The smallest absolute Gasteiger partial charge is 0.158 e. The minimum atomic E-state index is 0.331. The van der Waals surface area contributed by atoms with Crippen molar-refractivity contribution in [2.24, 2.45) is 11.7 Å². The summed E-state index contributed by atoms with van der Waals surface area (Å²) < 4.78 is 1.79. The van der Waals surface area contributed by atoms with Gasteiger partial charge < -0.3 is 5.73 Å². The Balaban J connectivity index is 2.51. The number of hydrogen-bond donors (Lipinski definition) is 1. The number of aromatic nitrogens is 3. The highest BCUT2D eigenvalue weighted by Crippen LogP contribution is 2.25. The normalized spacial score (nSPS) is 13.6. The number of rotatable bonds is 3. The van der Waals surface area contributed by atoms with E-state index in [4.69, 9.17) is 5.73 Å². The molecule has 2 N–H and O–H groups in total. The van der Waals surface area contributed by atoms with E-state index in [-0.39, 0.29) is 0 Å². The van der Waals surface area contributed by atoms with E-state index in [1.165, 1.54) is 0 Å². The molecule has 0 bridgehead atoms. The first-order chi connectivity index (χ1) is 7.24. The van der Waals surface area contributed by atoms with Gasteiger partial charge in [0.05, 0.1) is 6.20 Å². The highest BCUT2D eigenvalue weighted by Gasteiger charge is 2.18. The molecular formula is C11H16N4. The summed E-state index contributed by atoms with van der Waals surface area (Å²) in [5.41, 5.74) is 7.86.